The maximum atomic E-state index is 11.9. The number of amides is 1. The molecule has 5 nitrogen and oxygen atoms in total. The highest BCUT2D eigenvalue weighted by molar-refractivity contribution is 5.81. The summed E-state index contributed by atoms with van der Waals surface area (Å²) in [5.41, 5.74) is 2.23. The molecule has 0 N–H and O–H groups in total. The molecule has 0 aliphatic rings. The Balaban J connectivity index is 2.39. The van der Waals surface area contributed by atoms with E-state index in [2.05, 4.69) is 0 Å². The average molecular weight is 293 g/mol. The van der Waals surface area contributed by atoms with E-state index in [1.54, 1.807) is 14.0 Å². The third kappa shape index (κ3) is 5.45. The summed E-state index contributed by atoms with van der Waals surface area (Å²) in [4.78, 5) is 24.5. The molecule has 21 heavy (non-hydrogen) atoms. The predicted octanol–water partition coefficient (Wildman–Crippen LogP) is 2.09. The summed E-state index contributed by atoms with van der Waals surface area (Å²) in [7, 11) is 1.58. The molecular weight excluding hydrogens is 270 g/mol. The molecule has 1 rings (SSSR count). The molecule has 0 unspecified atom stereocenters. The zero-order valence-corrected chi connectivity index (χ0v) is 13.1. The number of carbonyl (C=O) groups excluding carboxylic acids is 2. The molecule has 0 aliphatic heterocycles. The van der Waals surface area contributed by atoms with Crippen LogP contribution in [0.3, 0.4) is 0 Å². The van der Waals surface area contributed by atoms with Gasteiger partial charge in [-0.25, -0.2) is 0 Å². The van der Waals surface area contributed by atoms with Gasteiger partial charge in [-0.05, 0) is 38.0 Å². The minimum atomic E-state index is -0.399. The molecule has 0 radical (unpaired) electrons. The Labute approximate surface area is 125 Å². The third-order valence-electron chi connectivity index (χ3n) is 3.23. The van der Waals surface area contributed by atoms with Crippen molar-refractivity contribution in [1.29, 1.82) is 0 Å². The molecule has 1 aromatic carbocycles. The lowest BCUT2D eigenvalue weighted by atomic mass is 10.1. The van der Waals surface area contributed by atoms with E-state index in [-0.39, 0.29) is 25.5 Å². The lowest BCUT2D eigenvalue weighted by molar-refractivity contribution is -0.148. The van der Waals surface area contributed by atoms with E-state index in [4.69, 9.17) is 9.47 Å². The number of aryl methyl sites for hydroxylation is 1. The highest BCUT2D eigenvalue weighted by atomic mass is 16.5. The molecule has 0 saturated carbocycles. The second-order valence-corrected chi connectivity index (χ2v) is 4.85. The minimum Gasteiger partial charge on any atom is -0.493 e. The first kappa shape index (κ1) is 17.0. The summed E-state index contributed by atoms with van der Waals surface area (Å²) in [6, 6.07) is 5.82. The lowest BCUT2D eigenvalue weighted by Crippen LogP contribution is -2.33. The zero-order valence-electron chi connectivity index (χ0n) is 13.1. The molecule has 0 spiro atoms. The first-order valence-corrected chi connectivity index (χ1v) is 7.04. The van der Waals surface area contributed by atoms with Gasteiger partial charge in [0, 0.05) is 7.05 Å². The molecule has 0 saturated heterocycles. The number of hydrogen-bond donors (Lipinski definition) is 0. The summed E-state index contributed by atoms with van der Waals surface area (Å²) in [6.07, 6.45) is 0.225. The van der Waals surface area contributed by atoms with Gasteiger partial charge in [0.1, 0.15) is 12.3 Å². The molecule has 1 amide bonds. The van der Waals surface area contributed by atoms with Crippen LogP contribution >= 0.6 is 0 Å². The topological polar surface area (TPSA) is 55.8 Å². The number of nitrogens with zero attached hydrogens (tertiary/aromatic N) is 1. The number of benzene rings is 1. The fourth-order valence-electron chi connectivity index (χ4n) is 1.81. The van der Waals surface area contributed by atoms with E-state index in [0.717, 1.165) is 16.9 Å². The van der Waals surface area contributed by atoms with Crippen LogP contribution in [0.5, 0.6) is 5.75 Å². The Kier molecular flexibility index (Phi) is 6.72. The van der Waals surface area contributed by atoms with Gasteiger partial charge in [0.25, 0.3) is 0 Å². The zero-order chi connectivity index (χ0) is 15.8. The van der Waals surface area contributed by atoms with Crippen molar-refractivity contribution in [3.8, 4) is 5.75 Å². The fourth-order valence-corrected chi connectivity index (χ4v) is 1.81. The molecule has 0 atom stereocenters. The average Bonchev–Trinajstić information content (AvgIpc) is 2.43. The van der Waals surface area contributed by atoms with Crippen molar-refractivity contribution in [2.75, 3.05) is 26.8 Å². The van der Waals surface area contributed by atoms with E-state index in [0.29, 0.717) is 6.61 Å². The number of hydrogen-bond acceptors (Lipinski definition) is 4. The van der Waals surface area contributed by atoms with Crippen LogP contribution in [0.15, 0.2) is 18.2 Å². The number of carbonyl (C=O) groups is 2. The van der Waals surface area contributed by atoms with Gasteiger partial charge < -0.3 is 14.4 Å². The highest BCUT2D eigenvalue weighted by Crippen LogP contribution is 2.20. The summed E-state index contributed by atoms with van der Waals surface area (Å²) in [5, 5.41) is 0. The Morgan fingerprint density at radius 2 is 1.95 bits per heavy atom. The first-order valence-electron chi connectivity index (χ1n) is 7.04. The molecule has 0 fully saturated rings. The van der Waals surface area contributed by atoms with Crippen molar-refractivity contribution in [2.24, 2.45) is 0 Å². The second kappa shape index (κ2) is 8.29. The molecule has 1 aromatic rings. The van der Waals surface area contributed by atoms with E-state index < -0.39 is 5.97 Å². The van der Waals surface area contributed by atoms with Crippen molar-refractivity contribution in [3.63, 3.8) is 0 Å². The molecule has 0 aromatic heterocycles. The van der Waals surface area contributed by atoms with Crippen LogP contribution in [-0.2, 0) is 14.3 Å². The Morgan fingerprint density at radius 3 is 2.62 bits per heavy atom. The van der Waals surface area contributed by atoms with E-state index in [1.807, 2.05) is 32.0 Å². The Bertz CT molecular complexity index is 499. The first-order chi connectivity index (χ1) is 9.95. The maximum absolute atomic E-state index is 11.9. The molecule has 0 aliphatic carbocycles. The monoisotopic (exact) mass is 293 g/mol. The predicted molar refractivity (Wildman–Crippen MR) is 80.3 cm³/mol. The summed E-state index contributed by atoms with van der Waals surface area (Å²) >= 11 is 0. The second-order valence-electron chi connectivity index (χ2n) is 4.85. The van der Waals surface area contributed by atoms with Gasteiger partial charge in [-0.2, -0.15) is 0 Å². The van der Waals surface area contributed by atoms with Crippen LogP contribution in [-0.4, -0.2) is 43.6 Å². The lowest BCUT2D eigenvalue weighted by Gasteiger charge is -2.16. The molecule has 0 bridgehead atoms. The van der Waals surface area contributed by atoms with Gasteiger partial charge in [0.15, 0.2) is 0 Å². The fraction of sp³-hybridized carbons (Fsp3) is 0.500. The van der Waals surface area contributed by atoms with Gasteiger partial charge in [-0.15, -0.1) is 0 Å². The quantitative estimate of drug-likeness (QED) is 0.722. The van der Waals surface area contributed by atoms with Gasteiger partial charge in [0.05, 0.1) is 19.6 Å². The van der Waals surface area contributed by atoms with E-state index in [1.165, 1.54) is 4.90 Å². The van der Waals surface area contributed by atoms with Crippen LogP contribution in [0, 0.1) is 13.8 Å². The summed E-state index contributed by atoms with van der Waals surface area (Å²) in [6.45, 7) is 6.31. The van der Waals surface area contributed by atoms with E-state index >= 15 is 0 Å². The van der Waals surface area contributed by atoms with Crippen LogP contribution in [0.1, 0.15) is 24.5 Å². The standard InChI is InChI=1S/C16H23NO4/c1-5-20-16(19)11-17(4)15(18)9-10-21-14-8-6-7-12(2)13(14)3/h6-8H,5,9-11H2,1-4H3. The number of likely N-dealkylation sites (N-methyl/N-ethyl adjacent to an activating group) is 1. The normalized spacial score (nSPS) is 10.1. The van der Waals surface area contributed by atoms with Gasteiger partial charge in [0.2, 0.25) is 5.91 Å². The molecular formula is C16H23NO4. The van der Waals surface area contributed by atoms with Gasteiger partial charge in [-0.1, -0.05) is 12.1 Å². The van der Waals surface area contributed by atoms with E-state index in [9.17, 15) is 9.59 Å². The van der Waals surface area contributed by atoms with Crippen LogP contribution in [0.25, 0.3) is 0 Å². The molecule has 5 heteroatoms. The van der Waals surface area contributed by atoms with Crippen molar-refractivity contribution < 1.29 is 19.1 Å². The summed E-state index contributed by atoms with van der Waals surface area (Å²) < 4.78 is 10.4. The molecule has 0 heterocycles. The van der Waals surface area contributed by atoms with Crippen LogP contribution in [0.4, 0.5) is 0 Å². The van der Waals surface area contributed by atoms with Crippen molar-refractivity contribution in [2.45, 2.75) is 27.2 Å². The minimum absolute atomic E-state index is 0.0316. The SMILES string of the molecule is CCOC(=O)CN(C)C(=O)CCOc1cccc(C)c1C. The largest absolute Gasteiger partial charge is 0.493 e. The Hall–Kier alpha value is -2.04. The molecule has 116 valence electrons. The van der Waals surface area contributed by atoms with Crippen molar-refractivity contribution in [1.82, 2.24) is 4.90 Å². The van der Waals surface area contributed by atoms with Gasteiger partial charge >= 0.3 is 5.97 Å². The van der Waals surface area contributed by atoms with Crippen LogP contribution < -0.4 is 4.74 Å². The summed E-state index contributed by atoms with van der Waals surface area (Å²) in [5.74, 6) is 0.244. The number of rotatable bonds is 7. The maximum Gasteiger partial charge on any atom is 0.325 e. The van der Waals surface area contributed by atoms with Crippen molar-refractivity contribution >= 4 is 11.9 Å². The van der Waals surface area contributed by atoms with Gasteiger partial charge in [-0.3, -0.25) is 9.59 Å². The number of ether oxygens (including phenoxy) is 2. The van der Waals surface area contributed by atoms with Crippen LogP contribution in [0.2, 0.25) is 0 Å². The number of esters is 1. The highest BCUT2D eigenvalue weighted by Gasteiger charge is 2.13. The Morgan fingerprint density at radius 1 is 1.24 bits per heavy atom. The smallest absolute Gasteiger partial charge is 0.325 e. The third-order valence-corrected chi connectivity index (χ3v) is 3.23. The van der Waals surface area contributed by atoms with Crippen molar-refractivity contribution in [3.05, 3.63) is 29.3 Å².